The van der Waals surface area contributed by atoms with Crippen molar-refractivity contribution in [1.82, 2.24) is 5.32 Å². The zero-order valence-electron chi connectivity index (χ0n) is 11.3. The quantitative estimate of drug-likeness (QED) is 0.889. The van der Waals surface area contributed by atoms with Crippen LogP contribution in [0.2, 0.25) is 5.02 Å². The Bertz CT molecular complexity index is 652. The van der Waals surface area contributed by atoms with Crippen LogP contribution in [-0.2, 0) is 10.0 Å². The zero-order chi connectivity index (χ0) is 15.1. The fraction of sp³-hybridized carbons (Fsp3) is 0.462. The van der Waals surface area contributed by atoms with Crippen LogP contribution in [0.1, 0.15) is 37.0 Å². The van der Waals surface area contributed by atoms with Crippen LogP contribution < -0.4 is 10.5 Å². The van der Waals surface area contributed by atoms with Crippen LogP contribution in [0.25, 0.3) is 0 Å². The van der Waals surface area contributed by atoms with Gasteiger partial charge < -0.3 is 5.32 Å². The van der Waals surface area contributed by atoms with Crippen molar-refractivity contribution >= 4 is 27.5 Å². The fourth-order valence-corrected chi connectivity index (χ4v) is 3.01. The van der Waals surface area contributed by atoms with E-state index < -0.39 is 10.0 Å². The van der Waals surface area contributed by atoms with Crippen molar-refractivity contribution in [3.05, 3.63) is 28.8 Å². The summed E-state index contributed by atoms with van der Waals surface area (Å²) in [6.07, 6.45) is 2.18. The number of hydrogen-bond donors (Lipinski definition) is 2. The third kappa shape index (κ3) is 3.50. The van der Waals surface area contributed by atoms with E-state index in [4.69, 9.17) is 16.7 Å². The predicted octanol–water partition coefficient (Wildman–Crippen LogP) is 1.91. The molecule has 1 saturated carbocycles. The van der Waals surface area contributed by atoms with Crippen LogP contribution in [0.3, 0.4) is 0 Å². The first-order chi connectivity index (χ1) is 9.09. The van der Waals surface area contributed by atoms with Crippen molar-refractivity contribution in [2.24, 2.45) is 11.1 Å². The second-order valence-electron chi connectivity index (χ2n) is 5.67. The Morgan fingerprint density at radius 2 is 1.95 bits per heavy atom. The van der Waals surface area contributed by atoms with Gasteiger partial charge in [-0.15, -0.1) is 0 Å². The highest BCUT2D eigenvalue weighted by atomic mass is 35.5. The van der Waals surface area contributed by atoms with E-state index in [1.807, 2.05) is 13.8 Å². The maximum absolute atomic E-state index is 12.2. The Morgan fingerprint density at radius 1 is 1.35 bits per heavy atom. The van der Waals surface area contributed by atoms with Crippen molar-refractivity contribution in [1.29, 1.82) is 0 Å². The minimum atomic E-state index is -3.89. The van der Waals surface area contributed by atoms with E-state index in [2.05, 4.69) is 5.32 Å². The zero-order valence-corrected chi connectivity index (χ0v) is 12.9. The highest BCUT2D eigenvalue weighted by Crippen LogP contribution is 2.39. The van der Waals surface area contributed by atoms with E-state index in [1.54, 1.807) is 0 Å². The molecule has 1 aliphatic rings. The van der Waals surface area contributed by atoms with Gasteiger partial charge in [0, 0.05) is 16.1 Å². The standard InChI is InChI=1S/C13H17ClN2O3S/c1-13(2,9-3-4-9)16-12(17)8-5-10(14)7-11(6-8)20(15,18)19/h5-7,9H,3-4H2,1-2H3,(H,16,17)(H2,15,18,19). The van der Waals surface area contributed by atoms with Gasteiger partial charge in [0.1, 0.15) is 0 Å². The number of nitrogens with two attached hydrogens (primary N) is 1. The number of halogens is 1. The smallest absolute Gasteiger partial charge is 0.251 e. The van der Waals surface area contributed by atoms with E-state index in [9.17, 15) is 13.2 Å². The Kier molecular flexibility index (Phi) is 3.83. The molecule has 1 aromatic carbocycles. The molecule has 0 unspecified atom stereocenters. The van der Waals surface area contributed by atoms with E-state index in [0.717, 1.165) is 12.8 Å². The second-order valence-corrected chi connectivity index (χ2v) is 7.67. The SMILES string of the molecule is CC(C)(NC(=O)c1cc(Cl)cc(S(N)(=O)=O)c1)C1CC1. The number of primary sulfonamides is 1. The monoisotopic (exact) mass is 316 g/mol. The van der Waals surface area contributed by atoms with Gasteiger partial charge in [-0.2, -0.15) is 0 Å². The molecule has 0 spiro atoms. The normalized spacial score (nSPS) is 16.0. The van der Waals surface area contributed by atoms with Crippen LogP contribution in [0.4, 0.5) is 0 Å². The number of carbonyl (C=O) groups excluding carboxylic acids is 1. The average Bonchev–Trinajstić information content (AvgIpc) is 3.10. The summed E-state index contributed by atoms with van der Waals surface area (Å²) in [6.45, 7) is 3.90. The van der Waals surface area contributed by atoms with Gasteiger partial charge in [-0.3, -0.25) is 4.79 Å². The molecule has 0 aliphatic heterocycles. The molecule has 0 bridgehead atoms. The number of benzene rings is 1. The summed E-state index contributed by atoms with van der Waals surface area (Å²) in [6, 6.07) is 3.88. The molecule has 0 saturated heterocycles. The minimum absolute atomic E-state index is 0.158. The highest BCUT2D eigenvalue weighted by Gasteiger charge is 2.38. The van der Waals surface area contributed by atoms with Crippen LogP contribution in [0.15, 0.2) is 23.1 Å². The summed E-state index contributed by atoms with van der Waals surface area (Å²) >= 11 is 5.85. The first kappa shape index (κ1) is 15.3. The largest absolute Gasteiger partial charge is 0.347 e. The first-order valence-electron chi connectivity index (χ1n) is 6.25. The molecule has 1 fully saturated rings. The molecule has 110 valence electrons. The number of hydrogen-bond acceptors (Lipinski definition) is 3. The van der Waals surface area contributed by atoms with Crippen LogP contribution >= 0.6 is 11.6 Å². The molecule has 1 aliphatic carbocycles. The van der Waals surface area contributed by atoms with Crippen molar-refractivity contribution in [3.8, 4) is 0 Å². The van der Waals surface area contributed by atoms with Gasteiger partial charge >= 0.3 is 0 Å². The summed E-state index contributed by atoms with van der Waals surface area (Å²) in [4.78, 5) is 12.1. The lowest BCUT2D eigenvalue weighted by molar-refractivity contribution is 0.0903. The molecule has 0 atom stereocenters. The molecule has 7 heteroatoms. The summed E-state index contributed by atoms with van der Waals surface area (Å²) in [7, 11) is -3.89. The molecule has 20 heavy (non-hydrogen) atoms. The molecule has 2 rings (SSSR count). The van der Waals surface area contributed by atoms with Gasteiger partial charge in [0.05, 0.1) is 4.90 Å². The van der Waals surface area contributed by atoms with Gasteiger partial charge in [-0.05, 0) is 50.8 Å². The average molecular weight is 317 g/mol. The van der Waals surface area contributed by atoms with Crippen LogP contribution in [0.5, 0.6) is 0 Å². The van der Waals surface area contributed by atoms with E-state index in [0.29, 0.717) is 5.92 Å². The topological polar surface area (TPSA) is 89.3 Å². The maximum Gasteiger partial charge on any atom is 0.251 e. The third-order valence-corrected chi connectivity index (χ3v) is 4.61. The van der Waals surface area contributed by atoms with Gasteiger partial charge in [-0.1, -0.05) is 11.6 Å². The highest BCUT2D eigenvalue weighted by molar-refractivity contribution is 7.89. The Hall–Kier alpha value is -1.11. The number of carbonyl (C=O) groups is 1. The molecule has 3 N–H and O–H groups in total. The van der Waals surface area contributed by atoms with Gasteiger partial charge in [0.2, 0.25) is 10.0 Å². The van der Waals surface area contributed by atoms with Crippen molar-refractivity contribution < 1.29 is 13.2 Å². The molecule has 1 aromatic rings. The molecular weight excluding hydrogens is 300 g/mol. The number of rotatable bonds is 4. The Morgan fingerprint density at radius 3 is 2.45 bits per heavy atom. The Labute approximate surface area is 123 Å². The van der Waals surface area contributed by atoms with E-state index in [1.165, 1.54) is 18.2 Å². The second kappa shape index (κ2) is 5.02. The van der Waals surface area contributed by atoms with E-state index in [-0.39, 0.29) is 26.9 Å². The molecule has 1 amide bonds. The summed E-state index contributed by atoms with van der Waals surface area (Å²) < 4.78 is 22.7. The van der Waals surface area contributed by atoms with Crippen LogP contribution in [-0.4, -0.2) is 19.9 Å². The predicted molar refractivity (Wildman–Crippen MR) is 77.1 cm³/mol. The maximum atomic E-state index is 12.2. The first-order valence-corrected chi connectivity index (χ1v) is 8.18. The van der Waals surface area contributed by atoms with Crippen molar-refractivity contribution in [2.75, 3.05) is 0 Å². The van der Waals surface area contributed by atoms with Gasteiger partial charge in [-0.25, -0.2) is 13.6 Å². The summed E-state index contributed by atoms with van der Waals surface area (Å²) in [5.74, 6) is 0.109. The van der Waals surface area contributed by atoms with Gasteiger partial charge in [0.15, 0.2) is 0 Å². The molecular formula is C13H17ClN2O3S. The lowest BCUT2D eigenvalue weighted by Crippen LogP contribution is -2.45. The molecule has 0 radical (unpaired) electrons. The summed E-state index contributed by atoms with van der Waals surface area (Å²) in [5, 5.41) is 8.13. The fourth-order valence-electron chi connectivity index (χ4n) is 2.13. The van der Waals surface area contributed by atoms with Crippen LogP contribution in [0, 0.1) is 5.92 Å². The number of sulfonamides is 1. The van der Waals surface area contributed by atoms with Crippen molar-refractivity contribution in [3.63, 3.8) is 0 Å². The van der Waals surface area contributed by atoms with Crippen molar-refractivity contribution in [2.45, 2.75) is 37.1 Å². The van der Waals surface area contributed by atoms with Gasteiger partial charge in [0.25, 0.3) is 5.91 Å². The summed E-state index contributed by atoms with van der Waals surface area (Å²) in [5.41, 5.74) is -0.128. The number of amides is 1. The third-order valence-electron chi connectivity index (χ3n) is 3.50. The molecule has 0 aromatic heterocycles. The lowest BCUT2D eigenvalue weighted by atomic mass is 9.98. The number of nitrogens with one attached hydrogen (secondary N) is 1. The minimum Gasteiger partial charge on any atom is -0.347 e. The molecule has 5 nitrogen and oxygen atoms in total. The molecule has 0 heterocycles. The Balaban J connectivity index is 2.28. The van der Waals surface area contributed by atoms with E-state index >= 15 is 0 Å². The lowest BCUT2D eigenvalue weighted by Gasteiger charge is -2.26.